The summed E-state index contributed by atoms with van der Waals surface area (Å²) in [4.78, 5) is 4.28. The predicted octanol–water partition coefficient (Wildman–Crippen LogP) is 4.57. The van der Waals surface area contributed by atoms with Gasteiger partial charge >= 0.3 is 0 Å². The van der Waals surface area contributed by atoms with E-state index in [1.54, 1.807) is 6.92 Å². The first kappa shape index (κ1) is 13.9. The minimum atomic E-state index is 0.0152. The molecule has 1 unspecified atom stereocenters. The number of furan rings is 1. The molecule has 0 radical (unpaired) electrons. The van der Waals surface area contributed by atoms with Crippen molar-refractivity contribution in [1.29, 1.82) is 0 Å². The summed E-state index contributed by atoms with van der Waals surface area (Å²) in [6.07, 6.45) is 0. The first-order valence-corrected chi connectivity index (χ1v) is 7.34. The van der Waals surface area contributed by atoms with Gasteiger partial charge in [-0.25, -0.2) is 0 Å². The van der Waals surface area contributed by atoms with Crippen LogP contribution in [0, 0.1) is 6.92 Å². The second-order valence-electron chi connectivity index (χ2n) is 4.70. The van der Waals surface area contributed by atoms with Crippen LogP contribution in [0.15, 0.2) is 50.0 Å². The van der Waals surface area contributed by atoms with Gasteiger partial charge in [0.1, 0.15) is 5.76 Å². The largest absolute Gasteiger partial charge is 0.452 e. The molecule has 2 heterocycles. The second kappa shape index (κ2) is 5.73. The van der Waals surface area contributed by atoms with E-state index >= 15 is 0 Å². The van der Waals surface area contributed by atoms with E-state index in [9.17, 15) is 0 Å². The first-order valence-electron chi connectivity index (χ1n) is 6.55. The monoisotopic (exact) mass is 347 g/mol. The Bertz CT molecular complexity index is 751. The fourth-order valence-electron chi connectivity index (χ4n) is 2.07. The molecule has 0 aliphatic carbocycles. The van der Waals surface area contributed by atoms with Crippen LogP contribution in [0.5, 0.6) is 0 Å². The van der Waals surface area contributed by atoms with E-state index in [4.69, 9.17) is 8.94 Å². The minimum Gasteiger partial charge on any atom is -0.452 e. The van der Waals surface area contributed by atoms with Gasteiger partial charge in [0.15, 0.2) is 10.5 Å². The number of hydrogen-bond acceptors (Lipinski definition) is 5. The number of aryl methyl sites for hydroxylation is 1. The highest BCUT2D eigenvalue weighted by molar-refractivity contribution is 9.10. The fourth-order valence-corrected chi connectivity index (χ4v) is 2.39. The van der Waals surface area contributed by atoms with Crippen LogP contribution in [-0.4, -0.2) is 10.1 Å². The van der Waals surface area contributed by atoms with Gasteiger partial charge in [0, 0.05) is 5.69 Å². The average Bonchev–Trinajstić information content (AvgIpc) is 3.08. The van der Waals surface area contributed by atoms with E-state index in [1.165, 1.54) is 0 Å². The van der Waals surface area contributed by atoms with Gasteiger partial charge in [-0.15, -0.1) is 0 Å². The number of halogens is 1. The molecule has 3 aromatic rings. The van der Waals surface area contributed by atoms with E-state index in [0.29, 0.717) is 16.4 Å². The Kier molecular flexibility index (Phi) is 3.79. The molecular formula is C15H14BrN3O2. The third-order valence-electron chi connectivity index (χ3n) is 3.08. The highest BCUT2D eigenvalue weighted by Crippen LogP contribution is 2.30. The van der Waals surface area contributed by atoms with Gasteiger partial charge in [-0.05, 0) is 54.0 Å². The Morgan fingerprint density at radius 3 is 2.67 bits per heavy atom. The number of aromatic nitrogens is 2. The zero-order valence-corrected chi connectivity index (χ0v) is 13.2. The average molecular weight is 348 g/mol. The zero-order valence-electron chi connectivity index (χ0n) is 11.6. The fraction of sp³-hybridized carbons (Fsp3) is 0.200. The molecule has 0 amide bonds. The molecule has 1 N–H and O–H groups in total. The van der Waals surface area contributed by atoms with Crippen molar-refractivity contribution in [2.75, 3.05) is 5.32 Å². The van der Waals surface area contributed by atoms with Gasteiger partial charge in [-0.3, -0.25) is 0 Å². The van der Waals surface area contributed by atoms with Crippen LogP contribution < -0.4 is 5.32 Å². The number of para-hydroxylation sites is 1. The summed E-state index contributed by atoms with van der Waals surface area (Å²) >= 11 is 3.31. The van der Waals surface area contributed by atoms with E-state index in [0.717, 1.165) is 17.0 Å². The topological polar surface area (TPSA) is 64.1 Å². The lowest BCUT2D eigenvalue weighted by molar-refractivity contribution is 0.425. The summed E-state index contributed by atoms with van der Waals surface area (Å²) in [5.41, 5.74) is 1.79. The van der Waals surface area contributed by atoms with Gasteiger partial charge in [0.25, 0.3) is 5.89 Å². The molecule has 0 fully saturated rings. The van der Waals surface area contributed by atoms with Crippen molar-refractivity contribution in [2.24, 2.45) is 0 Å². The molecule has 2 aromatic heterocycles. The van der Waals surface area contributed by atoms with Crippen LogP contribution >= 0.6 is 15.9 Å². The Morgan fingerprint density at radius 2 is 2.00 bits per heavy atom. The van der Waals surface area contributed by atoms with Gasteiger partial charge in [0.2, 0.25) is 0 Å². The summed E-state index contributed by atoms with van der Waals surface area (Å²) in [5.74, 6) is 1.96. The van der Waals surface area contributed by atoms with Crippen molar-refractivity contribution in [3.05, 3.63) is 52.7 Å². The van der Waals surface area contributed by atoms with Gasteiger partial charge in [0.05, 0.1) is 11.6 Å². The van der Waals surface area contributed by atoms with E-state index in [2.05, 4.69) is 31.4 Å². The quantitative estimate of drug-likeness (QED) is 0.748. The molecule has 108 valence electrons. The third-order valence-corrected chi connectivity index (χ3v) is 3.50. The van der Waals surface area contributed by atoms with Crippen molar-refractivity contribution in [1.82, 2.24) is 10.1 Å². The van der Waals surface area contributed by atoms with Gasteiger partial charge in [-0.2, -0.15) is 4.98 Å². The number of nitrogens with one attached hydrogen (secondary N) is 1. The third kappa shape index (κ3) is 3.00. The molecule has 0 saturated heterocycles. The van der Waals surface area contributed by atoms with Gasteiger partial charge in [-0.1, -0.05) is 17.3 Å². The van der Waals surface area contributed by atoms with E-state index in [1.807, 2.05) is 43.3 Å². The molecular weight excluding hydrogens is 334 g/mol. The molecule has 1 aromatic carbocycles. The molecule has 0 aliphatic heterocycles. The number of anilines is 1. The zero-order chi connectivity index (χ0) is 14.8. The van der Waals surface area contributed by atoms with Crippen LogP contribution in [-0.2, 0) is 0 Å². The number of hydrogen-bond donors (Lipinski definition) is 1. The Hall–Kier alpha value is -2.08. The van der Waals surface area contributed by atoms with Crippen LogP contribution in [0.1, 0.15) is 24.6 Å². The summed E-state index contributed by atoms with van der Waals surface area (Å²) < 4.78 is 11.5. The lowest BCUT2D eigenvalue weighted by atomic mass is 10.1. The Balaban J connectivity index is 1.89. The van der Waals surface area contributed by atoms with Crippen LogP contribution in [0.25, 0.3) is 11.5 Å². The lowest BCUT2D eigenvalue weighted by Crippen LogP contribution is -2.06. The highest BCUT2D eigenvalue weighted by atomic mass is 79.9. The minimum absolute atomic E-state index is 0.0152. The SMILES string of the molecule is Cc1noc(-c2ccccc2NC(C)c2ccc(Br)o2)n1. The van der Waals surface area contributed by atoms with Crippen molar-refractivity contribution in [3.63, 3.8) is 0 Å². The highest BCUT2D eigenvalue weighted by Gasteiger charge is 2.15. The molecule has 21 heavy (non-hydrogen) atoms. The lowest BCUT2D eigenvalue weighted by Gasteiger charge is -2.15. The Morgan fingerprint density at radius 1 is 1.19 bits per heavy atom. The summed E-state index contributed by atoms with van der Waals surface area (Å²) in [6.45, 7) is 3.83. The smallest absolute Gasteiger partial charge is 0.260 e. The second-order valence-corrected chi connectivity index (χ2v) is 5.48. The van der Waals surface area contributed by atoms with Crippen LogP contribution in [0.2, 0.25) is 0 Å². The standard InChI is InChI=1S/C15H14BrN3O2/c1-9(13-7-8-14(16)20-13)17-12-6-4-3-5-11(12)15-18-10(2)19-21-15/h3-9,17H,1-2H3. The number of benzene rings is 1. The molecule has 0 saturated carbocycles. The van der Waals surface area contributed by atoms with Crippen molar-refractivity contribution in [2.45, 2.75) is 19.9 Å². The summed E-state index contributed by atoms with van der Waals surface area (Å²) in [7, 11) is 0. The van der Waals surface area contributed by atoms with Crippen molar-refractivity contribution in [3.8, 4) is 11.5 Å². The molecule has 5 nitrogen and oxygen atoms in total. The molecule has 6 heteroatoms. The molecule has 1 atom stereocenters. The molecule has 0 aliphatic rings. The maximum Gasteiger partial charge on any atom is 0.260 e. The van der Waals surface area contributed by atoms with Crippen LogP contribution in [0.4, 0.5) is 5.69 Å². The van der Waals surface area contributed by atoms with Crippen molar-refractivity contribution < 1.29 is 8.94 Å². The maximum absolute atomic E-state index is 5.57. The number of nitrogens with zero attached hydrogens (tertiary/aromatic N) is 2. The normalized spacial score (nSPS) is 12.3. The molecule has 3 rings (SSSR count). The van der Waals surface area contributed by atoms with Crippen molar-refractivity contribution >= 4 is 21.6 Å². The molecule has 0 bridgehead atoms. The van der Waals surface area contributed by atoms with Crippen LogP contribution in [0.3, 0.4) is 0 Å². The maximum atomic E-state index is 5.57. The van der Waals surface area contributed by atoms with Gasteiger partial charge < -0.3 is 14.3 Å². The first-order chi connectivity index (χ1) is 10.1. The number of rotatable bonds is 4. The summed E-state index contributed by atoms with van der Waals surface area (Å²) in [6, 6.07) is 11.6. The van der Waals surface area contributed by atoms with E-state index < -0.39 is 0 Å². The van der Waals surface area contributed by atoms with E-state index in [-0.39, 0.29) is 6.04 Å². The Labute approximate surface area is 130 Å². The summed E-state index contributed by atoms with van der Waals surface area (Å²) in [5, 5.41) is 7.24. The molecule has 0 spiro atoms. The predicted molar refractivity (Wildman–Crippen MR) is 82.9 cm³/mol.